The summed E-state index contributed by atoms with van der Waals surface area (Å²) in [6, 6.07) is -2.94. The van der Waals surface area contributed by atoms with Crippen molar-refractivity contribution in [3.8, 4) is 6.07 Å². The van der Waals surface area contributed by atoms with Gasteiger partial charge in [0.25, 0.3) is 0 Å². The van der Waals surface area contributed by atoms with E-state index in [2.05, 4.69) is 4.98 Å². The molecule has 0 N–H and O–H groups in total. The number of ether oxygens (including phenoxy) is 1. The molecule has 1 unspecified atom stereocenters. The summed E-state index contributed by atoms with van der Waals surface area (Å²) in [6.45, 7) is -18.3. The van der Waals surface area contributed by atoms with Gasteiger partial charge in [0.2, 0.25) is 5.91 Å². The molecule has 4 rings (SSSR count). The van der Waals surface area contributed by atoms with E-state index in [0.717, 1.165) is 0 Å². The number of alkyl halides is 3. The van der Waals surface area contributed by atoms with Crippen LogP contribution in [0, 0.1) is 17.2 Å². The molecule has 1 amide bonds. The van der Waals surface area contributed by atoms with Gasteiger partial charge < -0.3 is 14.5 Å². The molecule has 0 radical (unpaired) electrons. The van der Waals surface area contributed by atoms with Crippen LogP contribution in [0.5, 0.6) is 0 Å². The second-order valence-corrected chi connectivity index (χ2v) is 8.68. The zero-order valence-electron chi connectivity index (χ0n) is 31.9. The molecule has 3 aliphatic rings. The van der Waals surface area contributed by atoms with Crippen molar-refractivity contribution in [1.29, 1.82) is 5.26 Å². The lowest BCUT2D eigenvalue weighted by Crippen LogP contribution is -2.58. The molecule has 1 aliphatic carbocycles. The van der Waals surface area contributed by atoms with Gasteiger partial charge in [-0.25, -0.2) is 4.98 Å². The maximum absolute atomic E-state index is 13.5. The fraction of sp³-hybridized carbons (Fsp3) is 0.708. The van der Waals surface area contributed by atoms with E-state index in [-0.39, 0.29) is 35.1 Å². The van der Waals surface area contributed by atoms with Gasteiger partial charge >= 0.3 is 6.18 Å². The van der Waals surface area contributed by atoms with Crippen molar-refractivity contribution < 1.29 is 41.9 Å². The highest BCUT2D eigenvalue weighted by molar-refractivity contribution is 5.77. The summed E-state index contributed by atoms with van der Waals surface area (Å²) in [5, 5.41) is 10.4. The molecule has 180 valence electrons. The number of carbonyl (C=O) groups excluding carboxylic acids is 1. The number of fused-ring (bicyclic) bond motifs is 1. The first-order valence-corrected chi connectivity index (χ1v) is 10.1. The number of hydrogen-bond donors (Lipinski definition) is 0. The van der Waals surface area contributed by atoms with Crippen molar-refractivity contribution in [2.24, 2.45) is 5.89 Å². The van der Waals surface area contributed by atoms with Gasteiger partial charge in [-0.2, -0.15) is 18.4 Å². The quantitative estimate of drug-likeness (QED) is 0.645. The van der Waals surface area contributed by atoms with Gasteiger partial charge in [-0.15, -0.1) is 0 Å². The summed E-state index contributed by atoms with van der Waals surface area (Å²) in [5.41, 5.74) is -0.803. The smallest absolute Gasteiger partial charge is 0.370 e. The topological polar surface area (TPSA) is 69.5 Å². The van der Waals surface area contributed by atoms with Crippen LogP contribution in [0.25, 0.3) is 0 Å². The summed E-state index contributed by atoms with van der Waals surface area (Å²) >= 11 is 0. The van der Waals surface area contributed by atoms with E-state index in [1.54, 1.807) is 19.9 Å². The summed E-state index contributed by atoms with van der Waals surface area (Å²) in [4.78, 5) is 16.2. The molecule has 6 nitrogen and oxygen atoms in total. The second kappa shape index (κ2) is 8.46. The van der Waals surface area contributed by atoms with Gasteiger partial charge in [-0.1, -0.05) is 13.7 Å². The molecule has 1 saturated carbocycles. The number of anilines is 1. The number of pyridine rings is 1. The first-order chi connectivity index (χ1) is 20.8. The maximum Gasteiger partial charge on any atom is 0.397 e. The predicted molar refractivity (Wildman–Crippen MR) is 117 cm³/mol. The highest BCUT2D eigenvalue weighted by Gasteiger charge is 2.41. The number of hydrogen-bond acceptors (Lipinski definition) is 5. The molecule has 2 fully saturated rings. The predicted octanol–water partition coefficient (Wildman–Crippen LogP) is 4.31. The van der Waals surface area contributed by atoms with Crippen LogP contribution in [-0.2, 0) is 22.6 Å². The van der Waals surface area contributed by atoms with E-state index in [9.17, 15) is 24.6 Å². The van der Waals surface area contributed by atoms with Crippen molar-refractivity contribution in [1.82, 2.24) is 9.88 Å². The van der Waals surface area contributed by atoms with E-state index in [1.165, 1.54) is 0 Å². The largest absolute Gasteiger partial charge is 0.397 e. The Morgan fingerprint density at radius 2 is 2.15 bits per heavy atom. The van der Waals surface area contributed by atoms with Crippen molar-refractivity contribution in [2.75, 3.05) is 24.4 Å². The molecule has 0 spiro atoms. The van der Waals surface area contributed by atoms with Crippen molar-refractivity contribution in [3.05, 3.63) is 22.4 Å². The lowest BCUT2D eigenvalue weighted by Gasteiger charge is -2.44. The van der Waals surface area contributed by atoms with Crippen LogP contribution >= 0.6 is 0 Å². The second-order valence-electron chi connectivity index (χ2n) is 8.68. The molecule has 33 heavy (non-hydrogen) atoms. The number of nitriles is 1. The van der Waals surface area contributed by atoms with Crippen LogP contribution in [0.1, 0.15) is 94.3 Å². The molecule has 0 bridgehead atoms. The minimum absolute atomic E-state index is 0.0532. The van der Waals surface area contributed by atoms with Gasteiger partial charge in [-0.05, 0) is 38.1 Å². The van der Waals surface area contributed by atoms with E-state index < -0.39 is 85.5 Å². The van der Waals surface area contributed by atoms with Gasteiger partial charge in [-0.3, -0.25) is 4.79 Å². The Bertz CT molecular complexity index is 1500. The molecule has 2 aliphatic heterocycles. The summed E-state index contributed by atoms with van der Waals surface area (Å²) in [7, 11) is 0. The highest BCUT2D eigenvalue weighted by Crippen LogP contribution is 2.46. The summed E-state index contributed by atoms with van der Waals surface area (Å²) in [6.07, 6.45) is -7.20. The lowest BCUT2D eigenvalue weighted by molar-refractivity contribution is -0.164. The molecule has 0 aromatic carbocycles. The van der Waals surface area contributed by atoms with E-state index >= 15 is 0 Å². The van der Waals surface area contributed by atoms with Crippen LogP contribution in [0.2, 0.25) is 0 Å². The van der Waals surface area contributed by atoms with Crippen LogP contribution in [0.15, 0.2) is 0 Å². The summed E-state index contributed by atoms with van der Waals surface area (Å²) < 4.78 is 165. The number of aromatic nitrogens is 1. The standard InChI is InChI=1S/C24H31F3N4O2/c1-14(2)19-12-30(7-8-31(19)20(32)10-24(25,26)27)22-17(11-28)16-9-23(3,4)33-13-18(16)21(29-22)15-5-6-15/h14-15,19H,5-10,12-13H2,1-4H3/i1D3,2D3,7D2,8D2,12D2,14D,19D. The first kappa shape index (κ1) is 11.9. The minimum atomic E-state index is -5.52. The lowest BCUT2D eigenvalue weighted by atomic mass is 9.87. The van der Waals surface area contributed by atoms with Crippen molar-refractivity contribution >= 4 is 11.7 Å². The highest BCUT2D eigenvalue weighted by atomic mass is 19.4. The Kier molecular flexibility index (Phi) is 3.04. The van der Waals surface area contributed by atoms with Crippen molar-refractivity contribution in [3.63, 3.8) is 0 Å². The van der Waals surface area contributed by atoms with Gasteiger partial charge in [0.1, 0.15) is 18.3 Å². The minimum Gasteiger partial charge on any atom is -0.370 e. The number of carbonyl (C=O) groups is 1. The SMILES string of the molecule is [2H]C([2H])([2H])C([2H])(C([2H])([2H])[2H])C1([2H])N(C(=O)CC(F)(F)F)C([2H])([2H])C([2H])([2H])N(c2nc(C3CC3)c3c(c2C#N)CC(C)(C)OC3)C1([2H])[2H]. The van der Waals surface area contributed by atoms with E-state index in [0.29, 0.717) is 18.4 Å². The third kappa shape index (κ3) is 4.96. The zero-order chi connectivity index (χ0) is 36.4. The molecular weight excluding hydrogens is 433 g/mol. The van der Waals surface area contributed by atoms with Crippen LogP contribution < -0.4 is 4.90 Å². The average molecular weight is 479 g/mol. The third-order valence-electron chi connectivity index (χ3n) is 5.48. The monoisotopic (exact) mass is 478 g/mol. The number of nitrogens with zero attached hydrogens (tertiary/aromatic N) is 4. The van der Waals surface area contributed by atoms with Crippen molar-refractivity contribution in [2.45, 2.75) is 83.6 Å². The fourth-order valence-electron chi connectivity index (χ4n) is 3.80. The van der Waals surface area contributed by atoms with Gasteiger partial charge in [0.15, 0.2) is 0 Å². The Morgan fingerprint density at radius 3 is 2.76 bits per heavy atom. The normalized spacial score (nSPS) is 37.0. The first-order valence-electron chi connectivity index (χ1n) is 17.1. The maximum atomic E-state index is 13.5. The molecule has 1 aromatic heterocycles. The molecule has 3 heterocycles. The Hall–Kier alpha value is -2.34. The molecule has 9 heteroatoms. The Morgan fingerprint density at radius 1 is 1.42 bits per heavy atom. The summed E-state index contributed by atoms with van der Waals surface area (Å²) in [5.74, 6) is -8.59. The van der Waals surface area contributed by atoms with Crippen LogP contribution in [0.4, 0.5) is 19.0 Å². The molecule has 1 saturated heterocycles. The molecule has 1 atom stereocenters. The zero-order valence-corrected chi connectivity index (χ0v) is 17.9. The molecular formula is C24H31F3N4O2. The Balaban J connectivity index is 2.20. The number of halogens is 3. The Labute approximate surface area is 212 Å². The van der Waals surface area contributed by atoms with Crippen LogP contribution in [0.3, 0.4) is 0 Å². The van der Waals surface area contributed by atoms with Crippen LogP contribution in [-0.4, -0.2) is 53.1 Å². The van der Waals surface area contributed by atoms with E-state index in [1.807, 2.05) is 0 Å². The van der Waals surface area contributed by atoms with Gasteiger partial charge in [0.05, 0.1) is 39.1 Å². The number of amides is 1. The average Bonchev–Trinajstić information content (AvgIpc) is 3.68. The number of piperazine rings is 1. The molecule has 1 aromatic rings. The van der Waals surface area contributed by atoms with E-state index in [4.69, 9.17) is 22.6 Å². The van der Waals surface area contributed by atoms with Gasteiger partial charge in [0, 0.05) is 47.0 Å². The fourth-order valence-corrected chi connectivity index (χ4v) is 3.80. The number of rotatable bonds is 4. The third-order valence-corrected chi connectivity index (χ3v) is 5.48.